The van der Waals surface area contributed by atoms with Gasteiger partial charge in [-0.2, -0.15) is 0 Å². The number of aryl methyl sites for hydroxylation is 1. The van der Waals surface area contributed by atoms with Gasteiger partial charge in [0.2, 0.25) is 0 Å². The van der Waals surface area contributed by atoms with Gasteiger partial charge in [-0.25, -0.2) is 11.2 Å². The van der Waals surface area contributed by atoms with Crippen molar-refractivity contribution in [2.24, 2.45) is 0 Å². The van der Waals surface area contributed by atoms with E-state index in [1.807, 2.05) is 6.07 Å². The summed E-state index contributed by atoms with van der Waals surface area (Å²) in [6, 6.07) is 10.5. The summed E-state index contributed by atoms with van der Waals surface area (Å²) in [7, 11) is -2.03. The zero-order chi connectivity index (χ0) is 9.40. The van der Waals surface area contributed by atoms with E-state index >= 15 is 0 Å². The van der Waals surface area contributed by atoms with Crippen molar-refractivity contribution in [1.29, 1.82) is 0 Å². The fourth-order valence-electron chi connectivity index (χ4n) is 0.714. The molecule has 68 valence electrons. The molecule has 0 bridgehead atoms. The fraction of sp³-hybridized carbons (Fsp3) is 0.250. The van der Waals surface area contributed by atoms with Crippen molar-refractivity contribution in [3.63, 3.8) is 0 Å². The maximum absolute atomic E-state index is 8.93. The van der Waals surface area contributed by atoms with Crippen LogP contribution in [0.4, 0.5) is 0 Å². The standard InChI is InChI=1S/C8H10.HO2S2/c1-2-8-6-4-3-5-7-8;1-4(2)3/h3-7H,2H2,1H3;(H,1,2,3)/q;-1. The Morgan fingerprint density at radius 3 is 2.08 bits per heavy atom. The van der Waals surface area contributed by atoms with E-state index in [4.69, 9.17) is 8.76 Å². The molecule has 1 aromatic rings. The summed E-state index contributed by atoms with van der Waals surface area (Å²) >= 11 is 3.65. The third-order valence-corrected chi connectivity index (χ3v) is 1.25. The molecule has 0 aliphatic rings. The molecule has 0 radical (unpaired) electrons. The minimum atomic E-state index is -2.03. The van der Waals surface area contributed by atoms with Gasteiger partial charge in [-0.3, -0.25) is 0 Å². The molecule has 0 saturated carbocycles. The second kappa shape index (κ2) is 7.21. The van der Waals surface area contributed by atoms with Crippen LogP contribution >= 0.6 is 0 Å². The van der Waals surface area contributed by atoms with Gasteiger partial charge in [0.15, 0.2) is 0 Å². The van der Waals surface area contributed by atoms with Crippen LogP contribution in [0.1, 0.15) is 12.5 Å². The molecule has 0 amide bonds. The molecule has 0 atom stereocenters. The summed E-state index contributed by atoms with van der Waals surface area (Å²) in [6.45, 7) is 2.16. The molecule has 0 unspecified atom stereocenters. The van der Waals surface area contributed by atoms with Crippen molar-refractivity contribution in [1.82, 2.24) is 0 Å². The van der Waals surface area contributed by atoms with Crippen molar-refractivity contribution in [2.75, 3.05) is 0 Å². The monoisotopic (exact) mass is 203 g/mol. The van der Waals surface area contributed by atoms with Crippen LogP contribution in [-0.2, 0) is 31.5 Å². The maximum Gasteiger partial charge on any atom is -0.0307 e. The average molecular weight is 203 g/mol. The minimum absolute atomic E-state index is 1.14. The highest BCUT2D eigenvalue weighted by molar-refractivity contribution is 8.18. The lowest BCUT2D eigenvalue weighted by molar-refractivity contribution is 0.536. The van der Waals surface area contributed by atoms with Gasteiger partial charge in [-0.05, 0) is 12.0 Å². The molecule has 1 N–H and O–H groups in total. The summed E-state index contributed by atoms with van der Waals surface area (Å²) in [5, 5.41) is 0. The maximum atomic E-state index is 8.93. The smallest absolute Gasteiger partial charge is 0.0307 e. The first-order chi connectivity index (χ1) is 5.66. The Morgan fingerprint density at radius 2 is 1.83 bits per heavy atom. The Hall–Kier alpha value is -0.450. The summed E-state index contributed by atoms with van der Waals surface area (Å²) < 4.78 is 16.3. The normalized spacial score (nSPS) is 8.92. The van der Waals surface area contributed by atoms with Gasteiger partial charge in [-0.15, -0.1) is 0 Å². The van der Waals surface area contributed by atoms with Gasteiger partial charge in [0.25, 0.3) is 0 Å². The van der Waals surface area contributed by atoms with E-state index in [0.29, 0.717) is 0 Å². The van der Waals surface area contributed by atoms with Gasteiger partial charge in [0, 0.05) is 0 Å². The van der Waals surface area contributed by atoms with Gasteiger partial charge in [0.1, 0.15) is 0 Å². The highest BCUT2D eigenvalue weighted by atomic mass is 32.8. The molecule has 0 aliphatic heterocycles. The van der Waals surface area contributed by atoms with Crippen molar-refractivity contribution in [3.8, 4) is 0 Å². The van der Waals surface area contributed by atoms with Crippen molar-refractivity contribution < 1.29 is 8.76 Å². The van der Waals surface area contributed by atoms with Crippen molar-refractivity contribution in [2.45, 2.75) is 13.3 Å². The molecule has 12 heavy (non-hydrogen) atoms. The Labute approximate surface area is 79.2 Å². The van der Waals surface area contributed by atoms with Gasteiger partial charge in [-0.1, -0.05) is 46.9 Å². The molecule has 0 spiro atoms. The SMILES string of the molecule is CCc1ccccc1.O=[S-](O)=S. The van der Waals surface area contributed by atoms with Gasteiger partial charge >= 0.3 is 0 Å². The molecule has 0 fully saturated rings. The molecule has 0 aromatic heterocycles. The molecular formula is C8H11O2S2-. The largest absolute Gasteiger partial charge is 0.459 e. The van der Waals surface area contributed by atoms with Crippen LogP contribution in [0, 0.1) is 0 Å². The van der Waals surface area contributed by atoms with E-state index in [9.17, 15) is 0 Å². The third-order valence-electron chi connectivity index (χ3n) is 1.25. The quantitative estimate of drug-likeness (QED) is 0.561. The van der Waals surface area contributed by atoms with Crippen molar-refractivity contribution >= 4 is 20.8 Å². The van der Waals surface area contributed by atoms with Crippen LogP contribution in [0.15, 0.2) is 30.3 Å². The summed E-state index contributed by atoms with van der Waals surface area (Å²) in [5.74, 6) is 0. The third kappa shape index (κ3) is 7.65. The van der Waals surface area contributed by atoms with Crippen molar-refractivity contribution in [3.05, 3.63) is 35.9 Å². The van der Waals surface area contributed by atoms with E-state index < -0.39 is 9.64 Å². The Balaban J connectivity index is 0.000000261. The van der Waals surface area contributed by atoms with E-state index in [1.54, 1.807) is 0 Å². The summed E-state index contributed by atoms with van der Waals surface area (Å²) in [4.78, 5) is 0. The second-order valence-corrected chi connectivity index (χ2v) is 3.35. The predicted molar refractivity (Wildman–Crippen MR) is 53.9 cm³/mol. The molecule has 1 aromatic carbocycles. The minimum Gasteiger partial charge on any atom is -0.459 e. The van der Waals surface area contributed by atoms with Crippen LogP contribution in [0.5, 0.6) is 0 Å². The van der Waals surface area contributed by atoms with E-state index in [1.165, 1.54) is 5.56 Å². The van der Waals surface area contributed by atoms with Gasteiger partial charge in [0.05, 0.1) is 0 Å². The van der Waals surface area contributed by atoms with Crippen LogP contribution in [0.3, 0.4) is 0 Å². The Morgan fingerprint density at radius 1 is 1.42 bits per heavy atom. The number of hydrogen-bond donors (Lipinski definition) is 1. The lowest BCUT2D eigenvalue weighted by atomic mass is 10.2. The lowest BCUT2D eigenvalue weighted by Gasteiger charge is -1.89. The van der Waals surface area contributed by atoms with Crippen LogP contribution in [0.2, 0.25) is 0 Å². The van der Waals surface area contributed by atoms with E-state index in [-0.39, 0.29) is 0 Å². The lowest BCUT2D eigenvalue weighted by Crippen LogP contribution is -1.73. The highest BCUT2D eigenvalue weighted by Gasteiger charge is 1.79. The molecule has 0 aliphatic carbocycles. The molecule has 0 saturated heterocycles. The summed E-state index contributed by atoms with van der Waals surface area (Å²) in [6.07, 6.45) is 1.14. The molecular weight excluding hydrogens is 192 g/mol. The predicted octanol–water partition coefficient (Wildman–Crippen LogP) is 2.13. The number of rotatable bonds is 1. The first kappa shape index (κ1) is 11.6. The van der Waals surface area contributed by atoms with Crippen LogP contribution in [0.25, 0.3) is 0 Å². The van der Waals surface area contributed by atoms with E-state index in [0.717, 1.165) is 6.42 Å². The first-order valence-corrected chi connectivity index (χ1v) is 5.52. The molecule has 2 nitrogen and oxygen atoms in total. The average Bonchev–Trinajstić information content (AvgIpc) is 2.05. The highest BCUT2D eigenvalue weighted by Crippen LogP contribution is 1.96. The van der Waals surface area contributed by atoms with Gasteiger partial charge < -0.3 is 8.76 Å². The molecule has 0 heterocycles. The second-order valence-electron chi connectivity index (χ2n) is 2.06. The number of hydrogen-bond acceptors (Lipinski definition) is 3. The summed E-state index contributed by atoms with van der Waals surface area (Å²) in [5.41, 5.74) is 1.41. The topological polar surface area (TPSA) is 37.3 Å². The van der Waals surface area contributed by atoms with Crippen LogP contribution < -0.4 is 0 Å². The number of benzene rings is 1. The Kier molecular flexibility index (Phi) is 6.94. The Bertz CT molecular complexity index is 260. The zero-order valence-corrected chi connectivity index (χ0v) is 8.40. The molecule has 4 heteroatoms. The zero-order valence-electron chi connectivity index (χ0n) is 6.77. The first-order valence-electron chi connectivity index (χ1n) is 3.49. The van der Waals surface area contributed by atoms with Crippen LogP contribution in [-0.4, -0.2) is 4.55 Å². The molecule has 1 rings (SSSR count). The van der Waals surface area contributed by atoms with E-state index in [2.05, 4.69) is 42.4 Å². The fourth-order valence-corrected chi connectivity index (χ4v) is 0.714.